The molecule has 2 fully saturated rings. The molecule has 10 heteroatoms. The number of carbonyl (C=O) groups is 3. The van der Waals surface area contributed by atoms with E-state index in [1.54, 1.807) is 0 Å². The molecule has 0 spiro atoms. The van der Waals surface area contributed by atoms with Gasteiger partial charge in [-0.2, -0.15) is 0 Å². The van der Waals surface area contributed by atoms with Crippen molar-refractivity contribution in [3.63, 3.8) is 0 Å². The lowest BCUT2D eigenvalue weighted by Gasteiger charge is -2.25. The van der Waals surface area contributed by atoms with Crippen LogP contribution < -0.4 is 10.6 Å². The number of amides is 3. The molecule has 192 valence electrons. The van der Waals surface area contributed by atoms with Crippen molar-refractivity contribution in [1.82, 2.24) is 15.5 Å². The maximum Gasteiger partial charge on any atom is 0.259 e. The van der Waals surface area contributed by atoms with Crippen LogP contribution >= 0.6 is 11.8 Å². The molecule has 5 rings (SSSR count). The Labute approximate surface area is 215 Å². The molecule has 0 radical (unpaired) electrons. The van der Waals surface area contributed by atoms with Crippen LogP contribution in [0.2, 0.25) is 0 Å². The van der Waals surface area contributed by atoms with Crippen LogP contribution in [-0.2, 0) is 19.1 Å². The minimum absolute atomic E-state index is 0.0219. The number of carbonyl (C=O) groups excluding carboxylic acids is 3. The first-order valence-corrected chi connectivity index (χ1v) is 14.0. The highest BCUT2D eigenvalue weighted by Crippen LogP contribution is 2.34. The van der Waals surface area contributed by atoms with E-state index in [0.717, 1.165) is 56.4 Å². The summed E-state index contributed by atoms with van der Waals surface area (Å²) in [6.45, 7) is 1.24. The molecule has 1 aromatic carbocycles. The zero-order valence-corrected chi connectivity index (χ0v) is 21.2. The fraction of sp³-hybridized carbons (Fsp3) is 0.577. The van der Waals surface area contributed by atoms with Crippen molar-refractivity contribution in [3.05, 3.63) is 29.8 Å². The molecule has 0 bridgehead atoms. The topological polar surface area (TPSA) is 112 Å². The number of hydrogen-bond acceptors (Lipinski definition) is 7. The number of nitrogens with zero attached hydrogens (tertiary/aromatic N) is 3. The van der Waals surface area contributed by atoms with E-state index in [0.29, 0.717) is 24.0 Å². The second-order valence-corrected chi connectivity index (χ2v) is 10.7. The zero-order chi connectivity index (χ0) is 24.9. The van der Waals surface area contributed by atoms with E-state index in [4.69, 9.17) is 9.73 Å². The van der Waals surface area contributed by atoms with E-state index in [-0.39, 0.29) is 42.0 Å². The lowest BCUT2D eigenvalue weighted by Crippen LogP contribution is -2.42. The Morgan fingerprint density at radius 1 is 1.08 bits per heavy atom. The van der Waals surface area contributed by atoms with Gasteiger partial charge >= 0.3 is 0 Å². The molecule has 3 aliphatic heterocycles. The summed E-state index contributed by atoms with van der Waals surface area (Å²) in [5.41, 5.74) is 1.51. The molecule has 3 heterocycles. The largest absolute Gasteiger partial charge is 0.376 e. The Morgan fingerprint density at radius 2 is 1.92 bits per heavy atom. The van der Waals surface area contributed by atoms with E-state index >= 15 is 0 Å². The Kier molecular flexibility index (Phi) is 8.01. The van der Waals surface area contributed by atoms with Crippen molar-refractivity contribution in [2.45, 2.75) is 76.0 Å². The second-order valence-electron chi connectivity index (χ2n) is 9.72. The number of ether oxygens (including phenoxy) is 1. The minimum atomic E-state index is -0.637. The summed E-state index contributed by atoms with van der Waals surface area (Å²) >= 11 is 1.22. The van der Waals surface area contributed by atoms with Crippen molar-refractivity contribution in [3.8, 4) is 0 Å². The molecule has 0 unspecified atom stereocenters. The number of nitrogens with one attached hydrogen (secondary N) is 2. The zero-order valence-electron chi connectivity index (χ0n) is 20.4. The van der Waals surface area contributed by atoms with Gasteiger partial charge < -0.3 is 15.4 Å². The third-order valence-electron chi connectivity index (χ3n) is 7.05. The monoisotopic (exact) mass is 511 g/mol. The van der Waals surface area contributed by atoms with Gasteiger partial charge in [0.15, 0.2) is 5.17 Å². The van der Waals surface area contributed by atoms with Crippen LogP contribution in [-0.4, -0.2) is 70.7 Å². The number of thioether (sulfide) groups is 1. The molecular weight excluding hydrogens is 478 g/mol. The molecule has 9 nitrogen and oxygen atoms in total. The molecule has 2 atom stereocenters. The Bertz CT molecular complexity index is 1060. The lowest BCUT2D eigenvalue weighted by molar-refractivity contribution is -0.125. The summed E-state index contributed by atoms with van der Waals surface area (Å²) in [6, 6.07) is 7.16. The van der Waals surface area contributed by atoms with Gasteiger partial charge in [-0.1, -0.05) is 43.2 Å². The van der Waals surface area contributed by atoms with E-state index in [1.807, 2.05) is 24.3 Å². The molecule has 4 aliphatic rings. The van der Waals surface area contributed by atoms with E-state index in [1.165, 1.54) is 23.1 Å². The number of para-hydroxylation sites is 1. The van der Waals surface area contributed by atoms with Crippen molar-refractivity contribution >= 4 is 46.2 Å². The number of fused-ring (bicyclic) bond motifs is 3. The van der Waals surface area contributed by atoms with Crippen LogP contribution in [0.15, 0.2) is 34.3 Å². The SMILES string of the molecule is O=C(CSC1=Nc2ccccc2C2=N[C@H](CCC(=O)NC3CCCCC3)C(=O)N12)NC[C@@H]1CCCO1. The predicted octanol–water partition coefficient (Wildman–Crippen LogP) is 2.90. The molecule has 0 aromatic heterocycles. The van der Waals surface area contributed by atoms with E-state index in [9.17, 15) is 14.4 Å². The number of aliphatic imine (C=N–C) groups is 2. The first-order chi connectivity index (χ1) is 17.6. The van der Waals surface area contributed by atoms with Gasteiger partial charge in [-0.25, -0.2) is 9.89 Å². The first kappa shape index (κ1) is 25.0. The third kappa shape index (κ3) is 5.81. The van der Waals surface area contributed by atoms with Crippen LogP contribution in [0.4, 0.5) is 5.69 Å². The van der Waals surface area contributed by atoms with Crippen molar-refractivity contribution < 1.29 is 19.1 Å². The molecule has 1 saturated carbocycles. The van der Waals surface area contributed by atoms with Gasteiger partial charge in [-0.05, 0) is 44.2 Å². The van der Waals surface area contributed by atoms with Crippen LogP contribution in [0.1, 0.15) is 63.4 Å². The number of benzene rings is 1. The maximum absolute atomic E-state index is 13.4. The highest BCUT2D eigenvalue weighted by Gasteiger charge is 2.41. The summed E-state index contributed by atoms with van der Waals surface area (Å²) in [6.07, 6.45) is 8.25. The highest BCUT2D eigenvalue weighted by atomic mass is 32.2. The van der Waals surface area contributed by atoms with Crippen LogP contribution in [0.3, 0.4) is 0 Å². The molecule has 1 aromatic rings. The lowest BCUT2D eigenvalue weighted by atomic mass is 9.95. The van der Waals surface area contributed by atoms with Crippen molar-refractivity contribution in [1.29, 1.82) is 0 Å². The average molecular weight is 512 g/mol. The van der Waals surface area contributed by atoms with Crippen molar-refractivity contribution in [2.24, 2.45) is 9.98 Å². The van der Waals surface area contributed by atoms with Gasteiger partial charge in [0.1, 0.15) is 11.9 Å². The molecule has 1 saturated heterocycles. The molecular formula is C26H33N5O4S. The fourth-order valence-corrected chi connectivity index (χ4v) is 5.95. The normalized spacial score (nSPS) is 23.6. The molecule has 2 N–H and O–H groups in total. The Hall–Kier alpha value is -2.72. The average Bonchev–Trinajstić information content (AvgIpc) is 3.53. The van der Waals surface area contributed by atoms with E-state index < -0.39 is 6.04 Å². The summed E-state index contributed by atoms with van der Waals surface area (Å²) < 4.78 is 5.56. The maximum atomic E-state index is 13.4. The number of rotatable bonds is 8. The molecule has 1 aliphatic carbocycles. The van der Waals surface area contributed by atoms with Crippen LogP contribution in [0.5, 0.6) is 0 Å². The van der Waals surface area contributed by atoms with Gasteiger partial charge in [0, 0.05) is 31.2 Å². The smallest absolute Gasteiger partial charge is 0.259 e. The van der Waals surface area contributed by atoms with Crippen LogP contribution in [0, 0.1) is 0 Å². The molecule has 3 amide bonds. The third-order valence-corrected chi connectivity index (χ3v) is 7.98. The van der Waals surface area contributed by atoms with Crippen LogP contribution in [0.25, 0.3) is 0 Å². The van der Waals surface area contributed by atoms with E-state index in [2.05, 4.69) is 15.6 Å². The van der Waals surface area contributed by atoms with Gasteiger partial charge in [-0.15, -0.1) is 0 Å². The summed E-state index contributed by atoms with van der Waals surface area (Å²) in [5.74, 6) is 0.338. The highest BCUT2D eigenvalue weighted by molar-refractivity contribution is 8.14. The van der Waals surface area contributed by atoms with Gasteiger partial charge in [0.25, 0.3) is 5.91 Å². The van der Waals surface area contributed by atoms with Gasteiger partial charge in [0.05, 0.1) is 17.5 Å². The number of amidine groups is 2. The van der Waals surface area contributed by atoms with Gasteiger partial charge in [0.2, 0.25) is 11.8 Å². The Morgan fingerprint density at radius 3 is 2.72 bits per heavy atom. The summed E-state index contributed by atoms with van der Waals surface area (Å²) in [7, 11) is 0. The number of hydrogen-bond donors (Lipinski definition) is 2. The fourth-order valence-electron chi connectivity index (χ4n) is 5.12. The summed E-state index contributed by atoms with van der Waals surface area (Å²) in [4.78, 5) is 49.3. The second kappa shape index (κ2) is 11.6. The quantitative estimate of drug-likeness (QED) is 0.557. The standard InChI is InChI=1S/C26H33N5O4S/c32-22(28-17-7-2-1-3-8-17)13-12-21-25(34)31-24(29-21)19-10-4-5-11-20(19)30-26(31)36-16-23(33)27-15-18-9-6-14-35-18/h4-5,10-11,17-18,21H,1-3,6-9,12-16H2,(H,27,33)(H,28,32)/t18-,21+/m0/s1. The van der Waals surface area contributed by atoms with Crippen molar-refractivity contribution in [2.75, 3.05) is 18.9 Å². The predicted molar refractivity (Wildman–Crippen MR) is 139 cm³/mol. The Balaban J connectivity index is 1.21. The summed E-state index contributed by atoms with van der Waals surface area (Å²) in [5, 5.41) is 6.47. The first-order valence-electron chi connectivity index (χ1n) is 13.0. The van der Waals surface area contributed by atoms with Gasteiger partial charge in [-0.3, -0.25) is 19.4 Å². The molecule has 36 heavy (non-hydrogen) atoms. The minimum Gasteiger partial charge on any atom is -0.376 e.